The first-order valence-corrected chi connectivity index (χ1v) is 13.0. The van der Waals surface area contributed by atoms with Gasteiger partial charge in [0.1, 0.15) is 18.1 Å². The monoisotopic (exact) mass is 622 g/mol. The molecule has 4 heterocycles. The lowest BCUT2D eigenvalue weighted by atomic mass is 10.1. The highest BCUT2D eigenvalue weighted by atomic mass is 35.5. The third kappa shape index (κ3) is 6.12. The molecule has 17 heteroatoms. The molecule has 1 N–H and O–H groups in total. The lowest BCUT2D eigenvalue weighted by Gasteiger charge is -2.23. The van der Waals surface area contributed by atoms with E-state index in [2.05, 4.69) is 25.4 Å². The highest BCUT2D eigenvalue weighted by Gasteiger charge is 2.52. The van der Waals surface area contributed by atoms with Crippen molar-refractivity contribution in [3.05, 3.63) is 58.2 Å². The average molecular weight is 623 g/mol. The minimum atomic E-state index is -1.23. The molecule has 0 amide bonds. The number of nitrogens with one attached hydrogen (secondary N) is 1. The standard InChI is InChI=1S/C25H21Cl2FN6O8/c1-10(35)38-8-14-7-17(42-33-14)19-20(39-11(2)36)21(40-12(3)37)24(41-19)34-9-29-18-22(31-25(27)32-23(18)34)30-16-5-4-13(26)6-15(16)28/h4-7,9,19-21,24H,8H2,1-3H3,(H,30,31,32). The summed E-state index contributed by atoms with van der Waals surface area (Å²) in [7, 11) is 0. The third-order valence-corrected chi connectivity index (χ3v) is 6.33. The topological polar surface area (TPSA) is 170 Å². The number of esters is 3. The Morgan fingerprint density at radius 2 is 1.79 bits per heavy atom. The molecule has 4 aromatic rings. The molecule has 1 aromatic carbocycles. The summed E-state index contributed by atoms with van der Waals surface area (Å²) in [6.45, 7) is 3.42. The number of hydrogen-bond donors (Lipinski definition) is 1. The number of carbonyl (C=O) groups is 3. The summed E-state index contributed by atoms with van der Waals surface area (Å²) in [5.41, 5.74) is 0.583. The quantitative estimate of drug-likeness (QED) is 0.168. The van der Waals surface area contributed by atoms with Crippen molar-refractivity contribution in [2.75, 3.05) is 5.32 Å². The van der Waals surface area contributed by atoms with Gasteiger partial charge in [0, 0.05) is 31.9 Å². The maximum Gasteiger partial charge on any atom is 0.303 e. The van der Waals surface area contributed by atoms with Crippen LogP contribution in [0.5, 0.6) is 0 Å². The van der Waals surface area contributed by atoms with Crippen molar-refractivity contribution in [3.63, 3.8) is 0 Å². The van der Waals surface area contributed by atoms with E-state index in [1.165, 1.54) is 49.9 Å². The number of benzene rings is 1. The van der Waals surface area contributed by atoms with E-state index < -0.39 is 48.3 Å². The van der Waals surface area contributed by atoms with Crippen molar-refractivity contribution in [2.24, 2.45) is 0 Å². The summed E-state index contributed by atoms with van der Waals surface area (Å²) >= 11 is 12.1. The molecule has 0 spiro atoms. The van der Waals surface area contributed by atoms with E-state index in [4.69, 9.17) is 46.7 Å². The van der Waals surface area contributed by atoms with Crippen LogP contribution in [0.2, 0.25) is 10.3 Å². The summed E-state index contributed by atoms with van der Waals surface area (Å²) in [6, 6.07) is 5.47. The van der Waals surface area contributed by atoms with Crippen LogP contribution in [0.1, 0.15) is 44.6 Å². The van der Waals surface area contributed by atoms with E-state index in [1.807, 2.05) is 0 Å². The number of carbonyl (C=O) groups excluding carboxylic acids is 3. The maximum absolute atomic E-state index is 14.5. The molecule has 5 rings (SSSR count). The lowest BCUT2D eigenvalue weighted by molar-refractivity contribution is -0.165. The van der Waals surface area contributed by atoms with Crippen molar-refractivity contribution in [1.82, 2.24) is 24.7 Å². The minimum absolute atomic E-state index is 0.0461. The second-order valence-corrected chi connectivity index (χ2v) is 9.79. The Labute approximate surface area is 246 Å². The SMILES string of the molecule is CC(=O)OCc1cc(C2OC(n3cnc4c(Nc5ccc(Cl)cc5F)nc(Cl)nc43)C(OC(C)=O)C2OC(C)=O)on1. The van der Waals surface area contributed by atoms with Gasteiger partial charge in [0.2, 0.25) is 5.28 Å². The maximum atomic E-state index is 14.5. The molecule has 1 aliphatic rings. The van der Waals surface area contributed by atoms with E-state index in [0.717, 1.165) is 6.07 Å². The van der Waals surface area contributed by atoms with Crippen LogP contribution < -0.4 is 5.32 Å². The Morgan fingerprint density at radius 1 is 1.05 bits per heavy atom. The number of rotatable bonds is 8. The van der Waals surface area contributed by atoms with Crippen molar-refractivity contribution < 1.29 is 42.2 Å². The second-order valence-electron chi connectivity index (χ2n) is 9.01. The summed E-state index contributed by atoms with van der Waals surface area (Å²) < 4.78 is 43.5. The van der Waals surface area contributed by atoms with Crippen molar-refractivity contribution >= 4 is 63.8 Å². The number of anilines is 2. The van der Waals surface area contributed by atoms with Crippen molar-refractivity contribution in [1.29, 1.82) is 0 Å². The predicted molar refractivity (Wildman–Crippen MR) is 141 cm³/mol. The van der Waals surface area contributed by atoms with Gasteiger partial charge in [-0.15, -0.1) is 0 Å². The number of ether oxygens (including phenoxy) is 4. The largest absolute Gasteiger partial charge is 0.459 e. The molecule has 1 saturated heterocycles. The molecule has 4 unspecified atom stereocenters. The molecule has 0 radical (unpaired) electrons. The first kappa shape index (κ1) is 29.2. The predicted octanol–water partition coefficient (Wildman–Crippen LogP) is 4.20. The molecule has 14 nitrogen and oxygen atoms in total. The molecule has 4 atom stereocenters. The molecule has 42 heavy (non-hydrogen) atoms. The normalized spacial score (nSPS) is 20.0. The van der Waals surface area contributed by atoms with E-state index in [1.54, 1.807) is 0 Å². The summed E-state index contributed by atoms with van der Waals surface area (Å²) in [6.07, 6.45) is -3.42. The zero-order valence-corrected chi connectivity index (χ0v) is 23.6. The molecule has 0 aliphatic carbocycles. The van der Waals surface area contributed by atoms with Crippen LogP contribution in [0.15, 0.2) is 35.1 Å². The van der Waals surface area contributed by atoms with Crippen LogP contribution in [0.3, 0.4) is 0 Å². The zero-order chi connectivity index (χ0) is 30.1. The molecule has 1 aliphatic heterocycles. The van der Waals surface area contributed by atoms with E-state index in [0.29, 0.717) is 0 Å². The first-order valence-electron chi connectivity index (χ1n) is 12.2. The average Bonchev–Trinajstić information content (AvgIpc) is 3.62. The van der Waals surface area contributed by atoms with Gasteiger partial charge < -0.3 is 28.8 Å². The highest BCUT2D eigenvalue weighted by molar-refractivity contribution is 6.30. The summed E-state index contributed by atoms with van der Waals surface area (Å²) in [5.74, 6) is -2.40. The van der Waals surface area contributed by atoms with Crippen LogP contribution in [0.25, 0.3) is 11.2 Å². The van der Waals surface area contributed by atoms with Crippen molar-refractivity contribution in [3.8, 4) is 0 Å². The summed E-state index contributed by atoms with van der Waals surface area (Å²) in [5, 5.41) is 6.66. The lowest BCUT2D eigenvalue weighted by Crippen LogP contribution is -2.36. The Hall–Kier alpha value is -4.34. The molecular weight excluding hydrogens is 602 g/mol. The van der Waals surface area contributed by atoms with Gasteiger partial charge in [0.05, 0.1) is 12.0 Å². The Morgan fingerprint density at radius 3 is 2.48 bits per heavy atom. The molecule has 0 bridgehead atoms. The number of hydrogen-bond acceptors (Lipinski definition) is 13. The smallest absolute Gasteiger partial charge is 0.303 e. The fraction of sp³-hybridized carbons (Fsp3) is 0.320. The van der Waals surface area contributed by atoms with E-state index in [9.17, 15) is 18.8 Å². The molecular formula is C25H21Cl2FN6O8. The van der Waals surface area contributed by atoms with Gasteiger partial charge in [-0.05, 0) is 29.8 Å². The fourth-order valence-corrected chi connectivity index (χ4v) is 4.64. The van der Waals surface area contributed by atoms with Crippen LogP contribution in [0.4, 0.5) is 15.9 Å². The number of nitrogens with zero attached hydrogens (tertiary/aromatic N) is 5. The molecule has 220 valence electrons. The Balaban J connectivity index is 1.55. The van der Waals surface area contributed by atoms with Crippen LogP contribution in [-0.2, 0) is 39.9 Å². The van der Waals surface area contributed by atoms with Crippen molar-refractivity contribution in [2.45, 2.75) is 51.9 Å². The molecule has 0 saturated carbocycles. The van der Waals surface area contributed by atoms with Gasteiger partial charge in [-0.25, -0.2) is 9.37 Å². The van der Waals surface area contributed by atoms with Gasteiger partial charge in [0.25, 0.3) is 0 Å². The number of aromatic nitrogens is 5. The first-order chi connectivity index (χ1) is 20.0. The second kappa shape index (κ2) is 11.9. The van der Waals surface area contributed by atoms with Crippen LogP contribution in [0, 0.1) is 5.82 Å². The van der Waals surface area contributed by atoms with Crippen LogP contribution in [-0.4, -0.2) is 54.8 Å². The Bertz CT molecular complexity index is 1680. The van der Waals surface area contributed by atoms with Gasteiger partial charge in [-0.3, -0.25) is 19.0 Å². The number of imidazole rings is 1. The zero-order valence-electron chi connectivity index (χ0n) is 22.0. The van der Waals surface area contributed by atoms with E-state index >= 15 is 0 Å². The fourth-order valence-electron chi connectivity index (χ4n) is 4.32. The van der Waals surface area contributed by atoms with E-state index in [-0.39, 0.29) is 51.0 Å². The van der Waals surface area contributed by atoms with Crippen LogP contribution >= 0.6 is 23.2 Å². The van der Waals surface area contributed by atoms with Gasteiger partial charge in [-0.2, -0.15) is 9.97 Å². The Kier molecular flexibility index (Phi) is 8.24. The third-order valence-electron chi connectivity index (χ3n) is 5.93. The highest BCUT2D eigenvalue weighted by Crippen LogP contribution is 2.44. The minimum Gasteiger partial charge on any atom is -0.459 e. The number of fused-ring (bicyclic) bond motifs is 1. The summed E-state index contributed by atoms with van der Waals surface area (Å²) in [4.78, 5) is 48.1. The van der Waals surface area contributed by atoms with Gasteiger partial charge in [0.15, 0.2) is 47.3 Å². The van der Waals surface area contributed by atoms with Gasteiger partial charge >= 0.3 is 17.9 Å². The number of halogens is 3. The molecule has 3 aromatic heterocycles. The van der Waals surface area contributed by atoms with Gasteiger partial charge in [-0.1, -0.05) is 16.8 Å². The molecule has 1 fully saturated rings.